The van der Waals surface area contributed by atoms with Gasteiger partial charge in [0.25, 0.3) is 5.91 Å². The number of halogens is 3. The molecule has 0 bridgehead atoms. The van der Waals surface area contributed by atoms with E-state index in [1.165, 1.54) is 18.2 Å². The Labute approximate surface area is 172 Å². The first-order valence-corrected chi connectivity index (χ1v) is 9.81. The van der Waals surface area contributed by atoms with E-state index in [0.29, 0.717) is 30.3 Å². The second-order valence-electron chi connectivity index (χ2n) is 7.58. The number of hydrogen-bond donors (Lipinski definition) is 0. The summed E-state index contributed by atoms with van der Waals surface area (Å²) in [4.78, 5) is 19.1. The second-order valence-corrected chi connectivity index (χ2v) is 7.58. The fourth-order valence-electron chi connectivity index (χ4n) is 3.81. The van der Waals surface area contributed by atoms with Gasteiger partial charge < -0.3 is 4.90 Å². The van der Waals surface area contributed by atoms with Crippen molar-refractivity contribution >= 4 is 5.91 Å². The van der Waals surface area contributed by atoms with E-state index in [1.807, 2.05) is 0 Å². The summed E-state index contributed by atoms with van der Waals surface area (Å²) in [6.45, 7) is 3.22. The van der Waals surface area contributed by atoms with Gasteiger partial charge in [-0.3, -0.25) is 9.78 Å². The predicted octanol–water partition coefficient (Wildman–Crippen LogP) is 4.83. The third-order valence-corrected chi connectivity index (χ3v) is 5.27. The topological polar surface area (TPSA) is 51.0 Å². The third-order valence-electron chi connectivity index (χ3n) is 5.27. The first kappa shape index (κ1) is 20.1. The van der Waals surface area contributed by atoms with Gasteiger partial charge in [-0.1, -0.05) is 19.1 Å². The minimum atomic E-state index is -4.57. The Morgan fingerprint density at radius 2 is 1.97 bits per heavy atom. The van der Waals surface area contributed by atoms with Gasteiger partial charge in [0.1, 0.15) is 5.69 Å². The van der Waals surface area contributed by atoms with Crippen LogP contribution in [0.1, 0.15) is 35.8 Å². The maximum atomic E-state index is 13.7. The lowest BCUT2D eigenvalue weighted by Gasteiger charge is -2.31. The zero-order valence-electron chi connectivity index (χ0n) is 16.4. The van der Waals surface area contributed by atoms with Crippen molar-refractivity contribution in [3.8, 4) is 16.9 Å². The van der Waals surface area contributed by atoms with E-state index >= 15 is 0 Å². The Morgan fingerprint density at radius 3 is 2.67 bits per heavy atom. The lowest BCUT2D eigenvalue weighted by molar-refractivity contribution is -0.137. The molecule has 5 nitrogen and oxygen atoms in total. The van der Waals surface area contributed by atoms with Crippen LogP contribution in [-0.2, 0) is 6.18 Å². The average molecular weight is 414 g/mol. The molecule has 0 aliphatic carbocycles. The van der Waals surface area contributed by atoms with Gasteiger partial charge in [-0.05, 0) is 49.1 Å². The first-order valence-electron chi connectivity index (χ1n) is 9.81. The predicted molar refractivity (Wildman–Crippen MR) is 106 cm³/mol. The molecule has 156 valence electrons. The number of nitrogens with zero attached hydrogens (tertiary/aromatic N) is 4. The van der Waals surface area contributed by atoms with Gasteiger partial charge in [-0.2, -0.15) is 18.3 Å². The van der Waals surface area contributed by atoms with E-state index in [1.54, 1.807) is 35.5 Å². The van der Waals surface area contributed by atoms with Crippen molar-refractivity contribution in [3.63, 3.8) is 0 Å². The molecular weight excluding hydrogens is 393 g/mol. The highest BCUT2D eigenvalue weighted by molar-refractivity contribution is 5.94. The average Bonchev–Trinajstić information content (AvgIpc) is 3.18. The van der Waals surface area contributed by atoms with Gasteiger partial charge in [0, 0.05) is 31.0 Å². The third kappa shape index (κ3) is 3.94. The summed E-state index contributed by atoms with van der Waals surface area (Å²) < 4.78 is 42.1. The molecule has 3 aromatic rings. The Bertz CT molecular complexity index is 1050. The van der Waals surface area contributed by atoms with Crippen LogP contribution in [0, 0.1) is 5.92 Å². The van der Waals surface area contributed by atoms with E-state index in [4.69, 9.17) is 0 Å². The number of aromatic nitrogens is 3. The summed E-state index contributed by atoms with van der Waals surface area (Å²) in [5.74, 6) is 0.0282. The normalized spacial score (nSPS) is 17.2. The Kier molecular flexibility index (Phi) is 5.32. The van der Waals surface area contributed by atoms with Gasteiger partial charge >= 0.3 is 6.18 Å². The molecule has 1 aromatic carbocycles. The SMILES string of the molecule is C[C@H]1CCCN(C(=O)c2cc(-c3cccnc3)nn2-c2ccccc2C(F)(F)F)C1. The molecule has 30 heavy (non-hydrogen) atoms. The van der Waals surface area contributed by atoms with Crippen molar-refractivity contribution in [1.29, 1.82) is 0 Å². The molecule has 4 rings (SSSR count). The monoisotopic (exact) mass is 414 g/mol. The lowest BCUT2D eigenvalue weighted by Crippen LogP contribution is -2.40. The number of carbonyl (C=O) groups excluding carboxylic acids is 1. The molecule has 0 saturated carbocycles. The quantitative estimate of drug-likeness (QED) is 0.617. The fourth-order valence-corrected chi connectivity index (χ4v) is 3.81. The number of alkyl halides is 3. The molecule has 3 heterocycles. The summed E-state index contributed by atoms with van der Waals surface area (Å²) in [7, 11) is 0. The van der Waals surface area contributed by atoms with Crippen LogP contribution in [0.25, 0.3) is 16.9 Å². The highest BCUT2D eigenvalue weighted by Crippen LogP contribution is 2.35. The smallest absolute Gasteiger partial charge is 0.337 e. The van der Waals surface area contributed by atoms with E-state index in [2.05, 4.69) is 17.0 Å². The van der Waals surface area contributed by atoms with Gasteiger partial charge in [-0.15, -0.1) is 0 Å². The largest absolute Gasteiger partial charge is 0.418 e. The fraction of sp³-hybridized carbons (Fsp3) is 0.318. The Morgan fingerprint density at radius 1 is 1.17 bits per heavy atom. The molecule has 0 N–H and O–H groups in total. The lowest BCUT2D eigenvalue weighted by atomic mass is 10.00. The number of piperidine rings is 1. The molecule has 1 aliphatic heterocycles. The molecule has 0 unspecified atom stereocenters. The van der Waals surface area contributed by atoms with E-state index in [9.17, 15) is 18.0 Å². The van der Waals surface area contributed by atoms with Crippen LogP contribution in [-0.4, -0.2) is 38.7 Å². The molecule has 8 heteroatoms. The zero-order chi connectivity index (χ0) is 21.3. The van der Waals surface area contributed by atoms with Crippen molar-refractivity contribution in [2.45, 2.75) is 25.9 Å². The minimum Gasteiger partial charge on any atom is -0.337 e. The van der Waals surface area contributed by atoms with Crippen molar-refractivity contribution in [1.82, 2.24) is 19.7 Å². The molecule has 1 fully saturated rings. The summed E-state index contributed by atoms with van der Waals surface area (Å²) in [5.41, 5.74) is 0.121. The standard InChI is InChI=1S/C22H21F3N4O/c1-15-6-5-11-28(14-15)21(30)20-12-18(16-7-4-10-26-13-16)27-29(20)19-9-3-2-8-17(19)22(23,24)25/h2-4,7-10,12-13,15H,5-6,11,14H2,1H3/t15-/m0/s1. The van der Waals surface area contributed by atoms with Crippen LogP contribution in [0.3, 0.4) is 0 Å². The summed E-state index contributed by atoms with van der Waals surface area (Å²) in [6, 6.07) is 10.2. The second kappa shape index (κ2) is 7.93. The summed E-state index contributed by atoms with van der Waals surface area (Å²) in [5, 5.41) is 4.39. The number of rotatable bonds is 3. The Hall–Kier alpha value is -3.16. The molecular formula is C22H21F3N4O. The van der Waals surface area contributed by atoms with E-state index < -0.39 is 11.7 Å². The maximum absolute atomic E-state index is 13.7. The molecule has 1 aliphatic rings. The van der Waals surface area contributed by atoms with Crippen molar-refractivity contribution in [3.05, 3.63) is 66.1 Å². The molecule has 0 spiro atoms. The van der Waals surface area contributed by atoms with E-state index in [0.717, 1.165) is 23.6 Å². The molecule has 2 aromatic heterocycles. The minimum absolute atomic E-state index is 0.111. The molecule has 1 amide bonds. The highest BCUT2D eigenvalue weighted by atomic mass is 19.4. The Balaban J connectivity index is 1.85. The van der Waals surface area contributed by atoms with Gasteiger partial charge in [0.2, 0.25) is 0 Å². The first-order chi connectivity index (χ1) is 14.3. The number of hydrogen-bond acceptors (Lipinski definition) is 3. The van der Waals surface area contributed by atoms with Crippen LogP contribution >= 0.6 is 0 Å². The van der Waals surface area contributed by atoms with Crippen LogP contribution < -0.4 is 0 Å². The summed E-state index contributed by atoms with van der Waals surface area (Å²) in [6.07, 6.45) is 0.494. The van der Waals surface area contributed by atoms with Crippen molar-refractivity contribution in [2.75, 3.05) is 13.1 Å². The van der Waals surface area contributed by atoms with E-state index in [-0.39, 0.29) is 17.3 Å². The van der Waals surface area contributed by atoms with Crippen molar-refractivity contribution in [2.24, 2.45) is 5.92 Å². The van der Waals surface area contributed by atoms with Crippen LogP contribution in [0.4, 0.5) is 13.2 Å². The maximum Gasteiger partial charge on any atom is 0.418 e. The summed E-state index contributed by atoms with van der Waals surface area (Å²) >= 11 is 0. The number of pyridine rings is 1. The van der Waals surface area contributed by atoms with Crippen LogP contribution in [0.2, 0.25) is 0 Å². The van der Waals surface area contributed by atoms with Gasteiger partial charge in [0.15, 0.2) is 0 Å². The molecule has 1 saturated heterocycles. The highest BCUT2D eigenvalue weighted by Gasteiger charge is 2.35. The van der Waals surface area contributed by atoms with Crippen molar-refractivity contribution < 1.29 is 18.0 Å². The number of carbonyl (C=O) groups is 1. The number of para-hydroxylation sites is 1. The van der Waals surface area contributed by atoms with Crippen LogP contribution in [0.15, 0.2) is 54.9 Å². The van der Waals surface area contributed by atoms with Gasteiger partial charge in [0.05, 0.1) is 16.9 Å². The van der Waals surface area contributed by atoms with Crippen LogP contribution in [0.5, 0.6) is 0 Å². The number of benzene rings is 1. The zero-order valence-corrected chi connectivity index (χ0v) is 16.4. The number of likely N-dealkylation sites (tertiary alicyclic amines) is 1. The molecule has 0 radical (unpaired) electrons. The molecule has 1 atom stereocenters. The number of amides is 1. The van der Waals surface area contributed by atoms with Gasteiger partial charge in [-0.25, -0.2) is 4.68 Å².